The second-order valence-electron chi connectivity index (χ2n) is 8.32. The number of ether oxygens (including phenoxy) is 2. The van der Waals surface area contributed by atoms with Crippen molar-refractivity contribution in [2.24, 2.45) is 5.92 Å². The fourth-order valence-corrected chi connectivity index (χ4v) is 4.86. The van der Waals surface area contributed by atoms with Crippen LogP contribution in [0.25, 0.3) is 0 Å². The third kappa shape index (κ3) is 6.47. The van der Waals surface area contributed by atoms with Crippen LogP contribution in [0.5, 0.6) is 5.75 Å². The standard InChI is InChI=1S/C24H31ClN2O4S/c1-17(2)14-23(28)26(11-12-30-3)15-24(29)27-10-8-22-20(9-13-32-22)21(27)16-31-19-6-4-18(25)5-7-19/h4-7,9,13,17,21H,8,10-12,14-16H2,1-3H3. The molecule has 3 rings (SSSR count). The highest BCUT2D eigenvalue weighted by atomic mass is 35.5. The molecule has 0 saturated carbocycles. The molecule has 2 aromatic rings. The number of rotatable bonds is 10. The van der Waals surface area contributed by atoms with E-state index in [0.717, 1.165) is 12.0 Å². The molecule has 1 unspecified atom stereocenters. The Bertz CT molecular complexity index is 900. The summed E-state index contributed by atoms with van der Waals surface area (Å²) in [6.45, 7) is 5.80. The molecule has 1 aromatic heterocycles. The molecule has 1 atom stereocenters. The maximum absolute atomic E-state index is 13.4. The van der Waals surface area contributed by atoms with Gasteiger partial charge in [-0.3, -0.25) is 9.59 Å². The summed E-state index contributed by atoms with van der Waals surface area (Å²) in [7, 11) is 1.60. The van der Waals surface area contributed by atoms with E-state index in [1.165, 1.54) is 4.88 Å². The van der Waals surface area contributed by atoms with Gasteiger partial charge in [0, 0.05) is 36.5 Å². The van der Waals surface area contributed by atoms with Crippen molar-refractivity contribution in [3.63, 3.8) is 0 Å². The summed E-state index contributed by atoms with van der Waals surface area (Å²) in [5.41, 5.74) is 1.13. The summed E-state index contributed by atoms with van der Waals surface area (Å²) in [5.74, 6) is 0.844. The lowest BCUT2D eigenvalue weighted by Crippen LogP contribution is -2.48. The van der Waals surface area contributed by atoms with Crippen LogP contribution in [-0.2, 0) is 20.7 Å². The van der Waals surface area contributed by atoms with Gasteiger partial charge in [0.2, 0.25) is 11.8 Å². The number of methoxy groups -OCH3 is 1. The van der Waals surface area contributed by atoms with Gasteiger partial charge < -0.3 is 19.3 Å². The highest BCUT2D eigenvalue weighted by molar-refractivity contribution is 7.10. The molecule has 0 fully saturated rings. The van der Waals surface area contributed by atoms with Gasteiger partial charge in [0.05, 0.1) is 19.2 Å². The number of fused-ring (bicyclic) bond motifs is 1. The number of amides is 2. The van der Waals surface area contributed by atoms with Crippen molar-refractivity contribution in [1.29, 1.82) is 0 Å². The van der Waals surface area contributed by atoms with Crippen molar-refractivity contribution in [1.82, 2.24) is 9.80 Å². The monoisotopic (exact) mass is 478 g/mol. The quantitative estimate of drug-likeness (QED) is 0.507. The van der Waals surface area contributed by atoms with Gasteiger partial charge in [-0.15, -0.1) is 11.3 Å². The van der Waals surface area contributed by atoms with Crippen LogP contribution in [-0.4, -0.2) is 61.6 Å². The molecular formula is C24H31ClN2O4S. The number of carbonyl (C=O) groups is 2. The van der Waals surface area contributed by atoms with Crippen molar-refractivity contribution in [2.45, 2.75) is 32.7 Å². The highest BCUT2D eigenvalue weighted by Gasteiger charge is 2.33. The van der Waals surface area contributed by atoms with E-state index in [-0.39, 0.29) is 30.3 Å². The molecule has 0 aliphatic carbocycles. The number of hydrogen-bond donors (Lipinski definition) is 0. The minimum atomic E-state index is -0.197. The first kappa shape index (κ1) is 24.6. The van der Waals surface area contributed by atoms with E-state index in [2.05, 4.69) is 11.4 Å². The molecule has 0 bridgehead atoms. The second kappa shape index (κ2) is 11.7. The molecule has 174 valence electrons. The third-order valence-corrected chi connectivity index (χ3v) is 6.71. The first-order valence-corrected chi connectivity index (χ1v) is 12.2. The van der Waals surface area contributed by atoms with Crippen LogP contribution in [0.4, 0.5) is 0 Å². The Morgan fingerprint density at radius 1 is 1.25 bits per heavy atom. The molecule has 0 radical (unpaired) electrons. The first-order valence-electron chi connectivity index (χ1n) is 10.9. The Labute approximate surface area is 199 Å². The van der Waals surface area contributed by atoms with E-state index in [1.807, 2.05) is 30.9 Å². The number of nitrogens with zero attached hydrogens (tertiary/aromatic N) is 2. The summed E-state index contributed by atoms with van der Waals surface area (Å²) in [4.78, 5) is 30.9. The van der Waals surface area contributed by atoms with Crippen molar-refractivity contribution >= 4 is 34.8 Å². The fourth-order valence-electron chi connectivity index (χ4n) is 3.81. The van der Waals surface area contributed by atoms with Gasteiger partial charge in [0.15, 0.2) is 0 Å². The zero-order valence-electron chi connectivity index (χ0n) is 18.9. The fraction of sp³-hybridized carbons (Fsp3) is 0.500. The predicted octanol–water partition coefficient (Wildman–Crippen LogP) is 4.43. The van der Waals surface area contributed by atoms with Crippen LogP contribution < -0.4 is 4.74 Å². The van der Waals surface area contributed by atoms with Crippen LogP contribution in [0.15, 0.2) is 35.7 Å². The van der Waals surface area contributed by atoms with Crippen molar-refractivity contribution < 1.29 is 19.1 Å². The Balaban J connectivity index is 1.74. The molecule has 1 aromatic carbocycles. The summed E-state index contributed by atoms with van der Waals surface area (Å²) < 4.78 is 11.2. The maximum atomic E-state index is 13.4. The van der Waals surface area contributed by atoms with Gasteiger partial charge in [-0.1, -0.05) is 25.4 Å². The highest BCUT2D eigenvalue weighted by Crippen LogP contribution is 2.34. The van der Waals surface area contributed by atoms with Crippen LogP contribution in [0, 0.1) is 5.92 Å². The normalized spacial score (nSPS) is 15.5. The Morgan fingerprint density at radius 2 is 2.00 bits per heavy atom. The third-order valence-electron chi connectivity index (χ3n) is 5.46. The van der Waals surface area contributed by atoms with E-state index in [9.17, 15) is 9.59 Å². The Hall–Kier alpha value is -2.09. The molecule has 8 heteroatoms. The Kier molecular flexibility index (Phi) is 8.96. The van der Waals surface area contributed by atoms with Crippen LogP contribution >= 0.6 is 22.9 Å². The van der Waals surface area contributed by atoms with Crippen LogP contribution in [0.1, 0.15) is 36.8 Å². The van der Waals surface area contributed by atoms with Crippen molar-refractivity contribution in [3.05, 3.63) is 51.2 Å². The minimum Gasteiger partial charge on any atom is -0.491 e. The lowest BCUT2D eigenvalue weighted by atomic mass is 10.0. The average Bonchev–Trinajstić information content (AvgIpc) is 3.24. The smallest absolute Gasteiger partial charge is 0.242 e. The molecule has 1 aliphatic rings. The molecule has 2 heterocycles. The lowest BCUT2D eigenvalue weighted by Gasteiger charge is -2.37. The van der Waals surface area contributed by atoms with Gasteiger partial charge in [-0.2, -0.15) is 0 Å². The van der Waals surface area contributed by atoms with Gasteiger partial charge in [0.1, 0.15) is 12.4 Å². The average molecular weight is 479 g/mol. The molecule has 2 amide bonds. The Morgan fingerprint density at radius 3 is 2.69 bits per heavy atom. The minimum absolute atomic E-state index is 0.0207. The molecule has 0 N–H and O–H groups in total. The van der Waals surface area contributed by atoms with Crippen molar-refractivity contribution in [3.8, 4) is 5.75 Å². The number of halogens is 1. The molecule has 6 nitrogen and oxygen atoms in total. The number of benzene rings is 1. The van der Waals surface area contributed by atoms with E-state index >= 15 is 0 Å². The van der Waals surface area contributed by atoms with E-state index in [4.69, 9.17) is 21.1 Å². The van der Waals surface area contributed by atoms with Crippen molar-refractivity contribution in [2.75, 3.05) is 40.0 Å². The SMILES string of the molecule is COCCN(CC(=O)N1CCc2sccc2C1COc1ccc(Cl)cc1)C(=O)CC(C)C. The van der Waals surface area contributed by atoms with Gasteiger partial charge >= 0.3 is 0 Å². The van der Waals surface area contributed by atoms with Crippen LogP contribution in [0.3, 0.4) is 0 Å². The summed E-state index contributed by atoms with van der Waals surface area (Å²) in [6, 6.07) is 9.08. The molecule has 0 saturated heterocycles. The second-order valence-corrected chi connectivity index (χ2v) is 9.76. The summed E-state index contributed by atoms with van der Waals surface area (Å²) in [5, 5.41) is 2.71. The van der Waals surface area contributed by atoms with Gasteiger partial charge in [-0.05, 0) is 53.6 Å². The molecule has 32 heavy (non-hydrogen) atoms. The number of hydrogen-bond acceptors (Lipinski definition) is 5. The largest absolute Gasteiger partial charge is 0.491 e. The number of thiophene rings is 1. The van der Waals surface area contributed by atoms with Gasteiger partial charge in [-0.25, -0.2) is 0 Å². The van der Waals surface area contributed by atoms with Gasteiger partial charge in [0.25, 0.3) is 0 Å². The van der Waals surface area contributed by atoms with E-state index in [0.29, 0.717) is 43.5 Å². The summed E-state index contributed by atoms with van der Waals surface area (Å²) >= 11 is 7.68. The zero-order valence-corrected chi connectivity index (χ0v) is 20.5. The topological polar surface area (TPSA) is 59.1 Å². The van der Waals surface area contributed by atoms with E-state index in [1.54, 1.807) is 35.5 Å². The first-order chi connectivity index (χ1) is 15.4. The molecule has 0 spiro atoms. The number of carbonyl (C=O) groups excluding carboxylic acids is 2. The maximum Gasteiger partial charge on any atom is 0.242 e. The van der Waals surface area contributed by atoms with Crippen LogP contribution in [0.2, 0.25) is 5.02 Å². The molecule has 1 aliphatic heterocycles. The molecular weight excluding hydrogens is 448 g/mol. The van der Waals surface area contributed by atoms with E-state index < -0.39 is 0 Å². The summed E-state index contributed by atoms with van der Waals surface area (Å²) in [6.07, 6.45) is 1.23. The lowest BCUT2D eigenvalue weighted by molar-refractivity contribution is -0.143. The predicted molar refractivity (Wildman–Crippen MR) is 127 cm³/mol. The zero-order chi connectivity index (χ0) is 23.1.